The average Bonchev–Trinajstić information content (AvgIpc) is 3.21. The third-order valence-electron chi connectivity index (χ3n) is 4.64. The maximum absolute atomic E-state index is 12.7. The van der Waals surface area contributed by atoms with E-state index in [0.717, 1.165) is 36.3 Å². The molecule has 1 amide bonds. The Morgan fingerprint density at radius 1 is 1.19 bits per heavy atom. The first-order chi connectivity index (χ1) is 13.2. The predicted octanol–water partition coefficient (Wildman–Crippen LogP) is 3.97. The summed E-state index contributed by atoms with van der Waals surface area (Å²) in [4.78, 5) is 14.6. The summed E-state index contributed by atoms with van der Waals surface area (Å²) in [6, 6.07) is 17.3. The number of methoxy groups -OCH3 is 1. The van der Waals surface area contributed by atoms with E-state index in [-0.39, 0.29) is 18.6 Å². The number of rotatable bonds is 6. The highest BCUT2D eigenvalue weighted by molar-refractivity contribution is 5.92. The first-order valence-electron chi connectivity index (χ1n) is 8.93. The SMILES string of the molecule is COc1ccc(C2CCCN2C(=O)/C=C/c2ccc(OCC#N)cc2)cc1. The van der Waals surface area contributed by atoms with Crippen LogP contribution in [0.4, 0.5) is 0 Å². The van der Waals surface area contributed by atoms with E-state index in [4.69, 9.17) is 14.7 Å². The Labute approximate surface area is 159 Å². The van der Waals surface area contributed by atoms with Crippen molar-refractivity contribution >= 4 is 12.0 Å². The van der Waals surface area contributed by atoms with E-state index >= 15 is 0 Å². The van der Waals surface area contributed by atoms with Crippen LogP contribution in [0.25, 0.3) is 6.08 Å². The fourth-order valence-electron chi connectivity index (χ4n) is 3.26. The number of ether oxygens (including phenoxy) is 2. The second kappa shape index (κ2) is 8.91. The van der Waals surface area contributed by atoms with Gasteiger partial charge in [0.2, 0.25) is 5.91 Å². The molecule has 138 valence electrons. The van der Waals surface area contributed by atoms with Gasteiger partial charge in [0.15, 0.2) is 6.61 Å². The van der Waals surface area contributed by atoms with E-state index < -0.39 is 0 Å². The highest BCUT2D eigenvalue weighted by Gasteiger charge is 2.28. The van der Waals surface area contributed by atoms with E-state index in [9.17, 15) is 4.79 Å². The van der Waals surface area contributed by atoms with Crippen LogP contribution in [0.1, 0.15) is 30.0 Å². The molecule has 1 atom stereocenters. The smallest absolute Gasteiger partial charge is 0.247 e. The monoisotopic (exact) mass is 362 g/mol. The second-order valence-electron chi connectivity index (χ2n) is 6.31. The molecule has 0 N–H and O–H groups in total. The van der Waals surface area contributed by atoms with Crippen molar-refractivity contribution in [1.29, 1.82) is 5.26 Å². The van der Waals surface area contributed by atoms with Gasteiger partial charge in [-0.1, -0.05) is 24.3 Å². The third-order valence-corrected chi connectivity index (χ3v) is 4.64. The predicted molar refractivity (Wildman–Crippen MR) is 103 cm³/mol. The number of carbonyl (C=O) groups excluding carboxylic acids is 1. The van der Waals surface area contributed by atoms with Gasteiger partial charge in [-0.2, -0.15) is 5.26 Å². The van der Waals surface area contributed by atoms with Gasteiger partial charge in [-0.3, -0.25) is 4.79 Å². The van der Waals surface area contributed by atoms with Crippen molar-refractivity contribution in [2.24, 2.45) is 0 Å². The maximum atomic E-state index is 12.7. The van der Waals surface area contributed by atoms with Crippen LogP contribution in [0, 0.1) is 11.3 Å². The van der Waals surface area contributed by atoms with E-state index in [1.54, 1.807) is 31.4 Å². The Balaban J connectivity index is 1.65. The number of likely N-dealkylation sites (tertiary alicyclic amines) is 1. The van der Waals surface area contributed by atoms with Crippen molar-refractivity contribution in [3.05, 3.63) is 65.7 Å². The molecule has 2 aromatic rings. The summed E-state index contributed by atoms with van der Waals surface area (Å²) in [6.45, 7) is 0.788. The van der Waals surface area contributed by atoms with Gasteiger partial charge in [0, 0.05) is 12.6 Å². The molecule has 0 saturated carbocycles. The molecule has 1 aliphatic rings. The second-order valence-corrected chi connectivity index (χ2v) is 6.31. The number of nitrogens with zero attached hydrogens (tertiary/aromatic N) is 2. The van der Waals surface area contributed by atoms with E-state index in [0.29, 0.717) is 5.75 Å². The number of benzene rings is 2. The molecule has 2 aromatic carbocycles. The molecule has 5 heteroatoms. The Hall–Kier alpha value is -3.26. The van der Waals surface area contributed by atoms with E-state index in [1.165, 1.54) is 0 Å². The Morgan fingerprint density at radius 3 is 2.56 bits per heavy atom. The zero-order valence-electron chi connectivity index (χ0n) is 15.3. The van der Waals surface area contributed by atoms with Gasteiger partial charge in [0.05, 0.1) is 13.2 Å². The summed E-state index contributed by atoms with van der Waals surface area (Å²) in [6.07, 6.45) is 5.39. The molecule has 27 heavy (non-hydrogen) atoms. The van der Waals surface area contributed by atoms with Crippen LogP contribution in [0.15, 0.2) is 54.6 Å². The standard InChI is InChI=1S/C22H22N2O3/c1-26-19-11-7-18(8-12-19)21-3-2-15-24(21)22(25)13-6-17-4-9-20(10-5-17)27-16-14-23/h4-13,21H,2-3,15-16H2,1H3/b13-6+. The van der Waals surface area contributed by atoms with E-state index in [2.05, 4.69) is 0 Å². The van der Waals surface area contributed by atoms with Gasteiger partial charge in [-0.15, -0.1) is 0 Å². The summed E-state index contributed by atoms with van der Waals surface area (Å²) >= 11 is 0. The molecule has 1 unspecified atom stereocenters. The van der Waals surface area contributed by atoms with Crippen LogP contribution in [-0.4, -0.2) is 31.1 Å². The van der Waals surface area contributed by atoms with Gasteiger partial charge in [-0.05, 0) is 54.3 Å². The van der Waals surface area contributed by atoms with Crippen LogP contribution < -0.4 is 9.47 Å². The summed E-state index contributed by atoms with van der Waals surface area (Å²) in [5.74, 6) is 1.47. The number of hydrogen-bond donors (Lipinski definition) is 0. The minimum absolute atomic E-state index is 0.0122. The van der Waals surface area contributed by atoms with Gasteiger partial charge >= 0.3 is 0 Å². The number of nitriles is 1. The minimum atomic E-state index is 0.0122. The summed E-state index contributed by atoms with van der Waals surface area (Å²) in [5.41, 5.74) is 2.04. The van der Waals surface area contributed by atoms with Crippen LogP contribution in [0.5, 0.6) is 11.5 Å². The molecule has 0 spiro atoms. The Morgan fingerprint density at radius 2 is 1.89 bits per heavy atom. The summed E-state index contributed by atoms with van der Waals surface area (Å²) in [7, 11) is 1.65. The molecule has 1 aliphatic heterocycles. The lowest BCUT2D eigenvalue weighted by atomic mass is 10.0. The minimum Gasteiger partial charge on any atom is -0.497 e. The lowest BCUT2D eigenvalue weighted by Crippen LogP contribution is -2.28. The largest absolute Gasteiger partial charge is 0.497 e. The summed E-state index contributed by atoms with van der Waals surface area (Å²) < 4.78 is 10.4. The molecule has 0 radical (unpaired) electrons. The third kappa shape index (κ3) is 4.68. The highest BCUT2D eigenvalue weighted by atomic mass is 16.5. The molecule has 3 rings (SSSR count). The lowest BCUT2D eigenvalue weighted by molar-refractivity contribution is -0.126. The average molecular weight is 362 g/mol. The molecule has 0 aliphatic carbocycles. The van der Waals surface area contributed by atoms with Gasteiger partial charge in [0.25, 0.3) is 0 Å². The molecular formula is C22H22N2O3. The van der Waals surface area contributed by atoms with Crippen LogP contribution in [-0.2, 0) is 4.79 Å². The Bertz CT molecular complexity index is 835. The number of amides is 1. The fraction of sp³-hybridized carbons (Fsp3) is 0.273. The first kappa shape index (κ1) is 18.5. The van der Waals surface area contributed by atoms with Gasteiger partial charge in [0.1, 0.15) is 17.6 Å². The van der Waals surface area contributed by atoms with Crippen LogP contribution >= 0.6 is 0 Å². The Kier molecular flexibility index (Phi) is 6.11. The van der Waals surface area contributed by atoms with Crippen molar-refractivity contribution in [3.8, 4) is 17.6 Å². The lowest BCUT2D eigenvalue weighted by Gasteiger charge is -2.24. The molecule has 1 fully saturated rings. The quantitative estimate of drug-likeness (QED) is 0.730. The normalized spacial score (nSPS) is 16.3. The maximum Gasteiger partial charge on any atom is 0.247 e. The van der Waals surface area contributed by atoms with Crippen molar-refractivity contribution < 1.29 is 14.3 Å². The van der Waals surface area contributed by atoms with Gasteiger partial charge in [-0.25, -0.2) is 0 Å². The van der Waals surface area contributed by atoms with Crippen molar-refractivity contribution in [3.63, 3.8) is 0 Å². The zero-order chi connectivity index (χ0) is 19.1. The van der Waals surface area contributed by atoms with E-state index in [1.807, 2.05) is 47.4 Å². The molecule has 0 bridgehead atoms. The molecule has 5 nitrogen and oxygen atoms in total. The van der Waals surface area contributed by atoms with Crippen LogP contribution in [0.3, 0.4) is 0 Å². The number of hydrogen-bond acceptors (Lipinski definition) is 4. The molecule has 1 heterocycles. The first-order valence-corrected chi connectivity index (χ1v) is 8.93. The topological polar surface area (TPSA) is 62.6 Å². The highest BCUT2D eigenvalue weighted by Crippen LogP contribution is 2.33. The molecular weight excluding hydrogens is 340 g/mol. The summed E-state index contributed by atoms with van der Waals surface area (Å²) in [5, 5.41) is 8.53. The van der Waals surface area contributed by atoms with Crippen LogP contribution in [0.2, 0.25) is 0 Å². The number of carbonyl (C=O) groups is 1. The molecule has 1 saturated heterocycles. The van der Waals surface area contributed by atoms with Gasteiger partial charge < -0.3 is 14.4 Å². The zero-order valence-corrected chi connectivity index (χ0v) is 15.3. The van der Waals surface area contributed by atoms with Crippen molar-refractivity contribution in [2.75, 3.05) is 20.3 Å². The fourth-order valence-corrected chi connectivity index (χ4v) is 3.26. The van der Waals surface area contributed by atoms with Crippen molar-refractivity contribution in [1.82, 2.24) is 4.90 Å². The molecule has 0 aromatic heterocycles. The van der Waals surface area contributed by atoms with Crippen molar-refractivity contribution in [2.45, 2.75) is 18.9 Å².